The van der Waals surface area contributed by atoms with Crippen molar-refractivity contribution in [2.75, 3.05) is 14.2 Å². The molecule has 2 nitrogen and oxygen atoms in total. The zero-order valence-corrected chi connectivity index (χ0v) is 8.72. The first-order valence-electron chi connectivity index (χ1n) is 4.51. The van der Waals surface area contributed by atoms with Crippen LogP contribution in [0.3, 0.4) is 0 Å². The van der Waals surface area contributed by atoms with E-state index >= 15 is 0 Å². The highest BCUT2D eigenvalue weighted by atomic mass is 16.5. The number of benzene rings is 1. The summed E-state index contributed by atoms with van der Waals surface area (Å²) in [5.74, 6) is 0.921. The fraction of sp³-hybridized carbons (Fsp3) is 0.455. The molecular weight excluding hydrogens is 162 g/mol. The molecule has 1 rings (SSSR count). The molecule has 0 saturated heterocycles. The van der Waals surface area contributed by atoms with Gasteiger partial charge in [-0.05, 0) is 44.2 Å². The van der Waals surface area contributed by atoms with E-state index in [1.807, 2.05) is 13.1 Å². The first-order chi connectivity index (χ1) is 6.19. The fourth-order valence-electron chi connectivity index (χ4n) is 1.42. The molecule has 1 N–H and O–H groups in total. The SMILES string of the molecule is CN[C@H](C)c1ccc(OC)cc1C. The van der Waals surface area contributed by atoms with Gasteiger partial charge in [0.1, 0.15) is 5.75 Å². The standard InChI is InChI=1S/C11H17NO/c1-8-7-10(13-4)5-6-11(8)9(2)12-3/h5-7,9,12H,1-4H3/t9-/m1/s1. The molecule has 0 unspecified atom stereocenters. The number of ether oxygens (including phenoxy) is 1. The van der Waals surface area contributed by atoms with Crippen LogP contribution in [0.5, 0.6) is 5.75 Å². The van der Waals surface area contributed by atoms with E-state index in [0.29, 0.717) is 6.04 Å². The average molecular weight is 179 g/mol. The molecule has 0 heterocycles. The Morgan fingerprint density at radius 1 is 1.38 bits per heavy atom. The van der Waals surface area contributed by atoms with Crippen molar-refractivity contribution in [1.29, 1.82) is 0 Å². The van der Waals surface area contributed by atoms with Crippen LogP contribution >= 0.6 is 0 Å². The van der Waals surface area contributed by atoms with Crippen molar-refractivity contribution in [3.05, 3.63) is 29.3 Å². The van der Waals surface area contributed by atoms with E-state index in [9.17, 15) is 0 Å². The van der Waals surface area contributed by atoms with Gasteiger partial charge in [-0.2, -0.15) is 0 Å². The zero-order chi connectivity index (χ0) is 9.84. The molecule has 0 aromatic heterocycles. The summed E-state index contributed by atoms with van der Waals surface area (Å²) in [5, 5.41) is 3.22. The highest BCUT2D eigenvalue weighted by Gasteiger charge is 2.05. The van der Waals surface area contributed by atoms with Crippen LogP contribution in [0.15, 0.2) is 18.2 Å². The van der Waals surface area contributed by atoms with Gasteiger partial charge in [-0.3, -0.25) is 0 Å². The Bertz CT molecular complexity index is 283. The van der Waals surface area contributed by atoms with Crippen molar-refractivity contribution in [3.8, 4) is 5.75 Å². The second kappa shape index (κ2) is 4.28. The highest BCUT2D eigenvalue weighted by Crippen LogP contribution is 2.21. The van der Waals surface area contributed by atoms with E-state index in [1.54, 1.807) is 7.11 Å². The molecule has 2 heteroatoms. The molecule has 1 aromatic rings. The van der Waals surface area contributed by atoms with Crippen molar-refractivity contribution < 1.29 is 4.74 Å². The molecule has 0 saturated carbocycles. The molecule has 1 atom stereocenters. The van der Waals surface area contributed by atoms with Crippen LogP contribution in [0.4, 0.5) is 0 Å². The summed E-state index contributed by atoms with van der Waals surface area (Å²) >= 11 is 0. The molecule has 0 bridgehead atoms. The Balaban J connectivity index is 2.98. The molecule has 13 heavy (non-hydrogen) atoms. The summed E-state index contributed by atoms with van der Waals surface area (Å²) in [7, 11) is 3.66. The van der Waals surface area contributed by atoms with Gasteiger partial charge in [-0.1, -0.05) is 6.07 Å². The van der Waals surface area contributed by atoms with Gasteiger partial charge in [0.15, 0.2) is 0 Å². The third-order valence-corrected chi connectivity index (χ3v) is 2.38. The highest BCUT2D eigenvalue weighted by molar-refractivity contribution is 5.36. The van der Waals surface area contributed by atoms with Gasteiger partial charge < -0.3 is 10.1 Å². The summed E-state index contributed by atoms with van der Waals surface area (Å²) in [6, 6.07) is 6.56. The predicted octanol–water partition coefficient (Wildman–Crippen LogP) is 2.28. The minimum Gasteiger partial charge on any atom is -0.497 e. The van der Waals surface area contributed by atoms with E-state index in [2.05, 4.69) is 31.3 Å². The second-order valence-corrected chi connectivity index (χ2v) is 3.23. The maximum absolute atomic E-state index is 5.14. The van der Waals surface area contributed by atoms with Gasteiger partial charge in [-0.25, -0.2) is 0 Å². The van der Waals surface area contributed by atoms with Crippen LogP contribution < -0.4 is 10.1 Å². The van der Waals surface area contributed by atoms with Gasteiger partial charge in [0.25, 0.3) is 0 Å². The Morgan fingerprint density at radius 2 is 2.08 bits per heavy atom. The summed E-state index contributed by atoms with van der Waals surface area (Å²) in [6.07, 6.45) is 0. The van der Waals surface area contributed by atoms with E-state index in [4.69, 9.17) is 4.74 Å². The van der Waals surface area contributed by atoms with Crippen LogP contribution in [0, 0.1) is 6.92 Å². The summed E-state index contributed by atoms with van der Waals surface area (Å²) < 4.78 is 5.14. The van der Waals surface area contributed by atoms with E-state index < -0.39 is 0 Å². The van der Waals surface area contributed by atoms with Crippen LogP contribution in [-0.4, -0.2) is 14.2 Å². The predicted molar refractivity (Wildman–Crippen MR) is 55.2 cm³/mol. The van der Waals surface area contributed by atoms with Crippen LogP contribution in [-0.2, 0) is 0 Å². The molecule has 0 fully saturated rings. The third kappa shape index (κ3) is 2.22. The van der Waals surface area contributed by atoms with Crippen molar-refractivity contribution in [2.24, 2.45) is 0 Å². The van der Waals surface area contributed by atoms with Crippen molar-refractivity contribution >= 4 is 0 Å². The minimum atomic E-state index is 0.394. The maximum atomic E-state index is 5.14. The first kappa shape index (κ1) is 10.1. The number of methoxy groups -OCH3 is 1. The molecule has 0 aliphatic carbocycles. The largest absolute Gasteiger partial charge is 0.497 e. The van der Waals surface area contributed by atoms with Crippen molar-refractivity contribution in [3.63, 3.8) is 0 Å². The van der Waals surface area contributed by atoms with Crippen molar-refractivity contribution in [2.45, 2.75) is 19.9 Å². The lowest BCUT2D eigenvalue weighted by atomic mass is 10.0. The lowest BCUT2D eigenvalue weighted by molar-refractivity contribution is 0.414. The van der Waals surface area contributed by atoms with Crippen molar-refractivity contribution in [1.82, 2.24) is 5.32 Å². The number of hydrogen-bond donors (Lipinski definition) is 1. The molecule has 0 aliphatic rings. The summed E-state index contributed by atoms with van der Waals surface area (Å²) in [4.78, 5) is 0. The molecule has 0 amide bonds. The number of nitrogens with one attached hydrogen (secondary N) is 1. The summed E-state index contributed by atoms with van der Waals surface area (Å²) in [5.41, 5.74) is 2.59. The smallest absolute Gasteiger partial charge is 0.119 e. The van der Waals surface area contributed by atoms with E-state index in [1.165, 1.54) is 11.1 Å². The quantitative estimate of drug-likeness (QED) is 0.768. The number of rotatable bonds is 3. The van der Waals surface area contributed by atoms with E-state index in [-0.39, 0.29) is 0 Å². The van der Waals surface area contributed by atoms with E-state index in [0.717, 1.165) is 5.75 Å². The topological polar surface area (TPSA) is 21.3 Å². The maximum Gasteiger partial charge on any atom is 0.119 e. The normalized spacial score (nSPS) is 12.6. The molecule has 0 radical (unpaired) electrons. The molecule has 72 valence electrons. The molecule has 1 aromatic carbocycles. The number of aryl methyl sites for hydroxylation is 1. The molecule has 0 aliphatic heterocycles. The van der Waals surface area contributed by atoms with Crippen LogP contribution in [0.1, 0.15) is 24.1 Å². The Hall–Kier alpha value is -1.02. The third-order valence-electron chi connectivity index (χ3n) is 2.38. The lowest BCUT2D eigenvalue weighted by Gasteiger charge is -2.14. The zero-order valence-electron chi connectivity index (χ0n) is 8.72. The van der Waals surface area contributed by atoms with Gasteiger partial charge in [-0.15, -0.1) is 0 Å². The minimum absolute atomic E-state index is 0.394. The Morgan fingerprint density at radius 3 is 2.54 bits per heavy atom. The van der Waals surface area contributed by atoms with Crippen LogP contribution in [0.25, 0.3) is 0 Å². The van der Waals surface area contributed by atoms with Gasteiger partial charge >= 0.3 is 0 Å². The molecular formula is C11H17NO. The monoisotopic (exact) mass is 179 g/mol. The van der Waals surface area contributed by atoms with Gasteiger partial charge in [0, 0.05) is 6.04 Å². The number of hydrogen-bond acceptors (Lipinski definition) is 2. The second-order valence-electron chi connectivity index (χ2n) is 3.23. The lowest BCUT2D eigenvalue weighted by Crippen LogP contribution is -2.13. The fourth-order valence-corrected chi connectivity index (χ4v) is 1.42. The first-order valence-corrected chi connectivity index (χ1v) is 4.51. The van der Waals surface area contributed by atoms with Gasteiger partial charge in [0.2, 0.25) is 0 Å². The average Bonchev–Trinajstić information content (AvgIpc) is 2.16. The summed E-state index contributed by atoms with van der Waals surface area (Å²) in [6.45, 7) is 4.25. The van der Waals surface area contributed by atoms with Crippen LogP contribution in [0.2, 0.25) is 0 Å². The Kier molecular flexibility index (Phi) is 3.32. The Labute approximate surface area is 79.9 Å². The van der Waals surface area contributed by atoms with Gasteiger partial charge in [0.05, 0.1) is 7.11 Å². The molecule has 0 spiro atoms.